The molecule has 0 radical (unpaired) electrons. The molecule has 0 unspecified atom stereocenters. The van der Waals surface area contributed by atoms with E-state index in [1.54, 1.807) is 23.3 Å². The van der Waals surface area contributed by atoms with E-state index in [0.29, 0.717) is 11.4 Å². The Morgan fingerprint density at radius 1 is 0.963 bits per heavy atom. The molecule has 1 aromatic heterocycles. The number of para-hydroxylation sites is 1. The average Bonchev–Trinajstić information content (AvgIpc) is 3.00. The van der Waals surface area contributed by atoms with E-state index in [9.17, 15) is 9.59 Å². The van der Waals surface area contributed by atoms with Gasteiger partial charge in [0.25, 0.3) is 0 Å². The largest absolute Gasteiger partial charge is 0.465 e. The molecule has 1 aliphatic heterocycles. The number of carbonyl (C=O) groups excluding carboxylic acids is 2. The molecule has 6 nitrogen and oxygen atoms in total. The van der Waals surface area contributed by atoms with E-state index in [1.807, 2.05) is 43.3 Å². The standard InChI is InChI=1S/C21H19NO5/c1-14-11-12-18(27-14)15-8-4-5-10-17(15)22-13-7-6-9-16(20(23)25-2)19(22)21(24)26-3/h4-13H,1-3H3. The number of aryl methyl sites for hydroxylation is 1. The number of hydrogen-bond acceptors (Lipinski definition) is 6. The predicted molar refractivity (Wildman–Crippen MR) is 101 cm³/mol. The highest BCUT2D eigenvalue weighted by atomic mass is 16.5. The lowest BCUT2D eigenvalue weighted by atomic mass is 10.1. The van der Waals surface area contributed by atoms with Gasteiger partial charge in [0, 0.05) is 11.8 Å². The molecule has 0 amide bonds. The van der Waals surface area contributed by atoms with Crippen molar-refractivity contribution in [3.63, 3.8) is 0 Å². The highest BCUT2D eigenvalue weighted by molar-refractivity contribution is 6.06. The highest BCUT2D eigenvalue weighted by Gasteiger charge is 2.29. The van der Waals surface area contributed by atoms with Crippen LogP contribution in [0.2, 0.25) is 0 Å². The van der Waals surface area contributed by atoms with Crippen molar-refractivity contribution in [3.8, 4) is 11.3 Å². The van der Waals surface area contributed by atoms with Gasteiger partial charge in [-0.3, -0.25) is 0 Å². The van der Waals surface area contributed by atoms with Crippen molar-refractivity contribution in [1.29, 1.82) is 0 Å². The molecule has 0 saturated heterocycles. The molecule has 2 heterocycles. The van der Waals surface area contributed by atoms with Crippen LogP contribution >= 0.6 is 0 Å². The third kappa shape index (κ3) is 3.55. The fraction of sp³-hybridized carbons (Fsp3) is 0.143. The number of allylic oxidation sites excluding steroid dienone is 2. The van der Waals surface area contributed by atoms with Gasteiger partial charge < -0.3 is 18.8 Å². The first-order chi connectivity index (χ1) is 13.1. The second-order valence-corrected chi connectivity index (χ2v) is 5.74. The van der Waals surface area contributed by atoms with E-state index in [1.165, 1.54) is 20.3 Å². The normalized spacial score (nSPS) is 13.5. The zero-order chi connectivity index (χ0) is 19.4. The third-order valence-corrected chi connectivity index (χ3v) is 4.06. The van der Waals surface area contributed by atoms with E-state index < -0.39 is 11.9 Å². The smallest absolute Gasteiger partial charge is 0.355 e. The average molecular weight is 365 g/mol. The number of ether oxygens (including phenoxy) is 2. The van der Waals surface area contributed by atoms with E-state index in [0.717, 1.165) is 11.3 Å². The molecule has 6 heteroatoms. The van der Waals surface area contributed by atoms with Crippen molar-refractivity contribution >= 4 is 17.6 Å². The number of rotatable bonds is 4. The van der Waals surface area contributed by atoms with Crippen LogP contribution in [0.1, 0.15) is 5.76 Å². The maximum absolute atomic E-state index is 12.6. The van der Waals surface area contributed by atoms with Gasteiger partial charge in [0.05, 0.1) is 25.5 Å². The summed E-state index contributed by atoms with van der Waals surface area (Å²) in [4.78, 5) is 26.4. The van der Waals surface area contributed by atoms with Gasteiger partial charge in [0.15, 0.2) is 0 Å². The lowest BCUT2D eigenvalue weighted by Crippen LogP contribution is -2.27. The second-order valence-electron chi connectivity index (χ2n) is 5.74. The Hall–Kier alpha value is -3.54. The molecule has 27 heavy (non-hydrogen) atoms. The summed E-state index contributed by atoms with van der Waals surface area (Å²) in [6.07, 6.45) is 6.60. The first-order valence-corrected chi connectivity index (χ1v) is 8.27. The second kappa shape index (κ2) is 7.78. The fourth-order valence-electron chi connectivity index (χ4n) is 2.82. The van der Waals surface area contributed by atoms with Crippen LogP contribution in [-0.2, 0) is 19.1 Å². The number of carbonyl (C=O) groups is 2. The van der Waals surface area contributed by atoms with E-state index >= 15 is 0 Å². The van der Waals surface area contributed by atoms with E-state index in [2.05, 4.69) is 0 Å². The maximum Gasteiger partial charge on any atom is 0.355 e. The lowest BCUT2D eigenvalue weighted by Gasteiger charge is -2.24. The van der Waals surface area contributed by atoms with Gasteiger partial charge in [0.1, 0.15) is 17.2 Å². The molecule has 0 N–H and O–H groups in total. The molecule has 0 atom stereocenters. The van der Waals surface area contributed by atoms with Crippen LogP contribution in [0, 0.1) is 6.92 Å². The molecule has 1 aromatic carbocycles. The van der Waals surface area contributed by atoms with Crippen molar-refractivity contribution in [1.82, 2.24) is 0 Å². The monoisotopic (exact) mass is 365 g/mol. The Morgan fingerprint density at radius 2 is 1.70 bits per heavy atom. The zero-order valence-corrected chi connectivity index (χ0v) is 15.3. The van der Waals surface area contributed by atoms with Crippen molar-refractivity contribution in [3.05, 3.63) is 77.9 Å². The minimum absolute atomic E-state index is 0.0603. The van der Waals surface area contributed by atoms with Crippen LogP contribution < -0.4 is 4.90 Å². The number of furan rings is 1. The maximum atomic E-state index is 12.6. The molecule has 0 fully saturated rings. The quantitative estimate of drug-likeness (QED) is 0.769. The van der Waals surface area contributed by atoms with Crippen LogP contribution in [0.5, 0.6) is 0 Å². The topological polar surface area (TPSA) is 69.0 Å². The molecule has 0 bridgehead atoms. The van der Waals surface area contributed by atoms with Gasteiger partial charge in [0.2, 0.25) is 0 Å². The number of benzene rings is 1. The number of esters is 2. The van der Waals surface area contributed by atoms with Crippen molar-refractivity contribution in [2.45, 2.75) is 6.92 Å². The van der Waals surface area contributed by atoms with Crippen LogP contribution in [-0.4, -0.2) is 26.2 Å². The Labute approximate surface area is 157 Å². The first-order valence-electron chi connectivity index (χ1n) is 8.27. The molecule has 0 saturated carbocycles. The first kappa shape index (κ1) is 18.3. The molecule has 0 aliphatic carbocycles. The number of nitrogens with zero attached hydrogens (tertiary/aromatic N) is 1. The fourth-order valence-corrected chi connectivity index (χ4v) is 2.82. The van der Waals surface area contributed by atoms with Crippen LogP contribution in [0.25, 0.3) is 11.3 Å². The SMILES string of the molecule is COC(=O)C1=C(C(=O)OC)N(c2ccccc2-c2ccc(C)o2)C=CC=C1. The van der Waals surface area contributed by atoms with E-state index in [-0.39, 0.29) is 11.3 Å². The molecular weight excluding hydrogens is 346 g/mol. The summed E-state index contributed by atoms with van der Waals surface area (Å²) >= 11 is 0. The van der Waals surface area contributed by atoms with Gasteiger partial charge in [-0.05, 0) is 43.3 Å². The van der Waals surface area contributed by atoms with E-state index in [4.69, 9.17) is 13.9 Å². The van der Waals surface area contributed by atoms with Gasteiger partial charge >= 0.3 is 11.9 Å². The molecule has 1 aliphatic rings. The Balaban J connectivity index is 2.23. The number of methoxy groups -OCH3 is 2. The van der Waals surface area contributed by atoms with Gasteiger partial charge in [-0.25, -0.2) is 9.59 Å². The van der Waals surface area contributed by atoms with Crippen molar-refractivity contribution in [2.75, 3.05) is 19.1 Å². The minimum Gasteiger partial charge on any atom is -0.465 e. The lowest BCUT2D eigenvalue weighted by molar-refractivity contribution is -0.139. The van der Waals surface area contributed by atoms with Gasteiger partial charge in [-0.15, -0.1) is 0 Å². The number of hydrogen-bond donors (Lipinski definition) is 0. The molecule has 3 rings (SSSR count). The highest BCUT2D eigenvalue weighted by Crippen LogP contribution is 2.35. The molecule has 0 spiro atoms. The summed E-state index contributed by atoms with van der Waals surface area (Å²) < 4.78 is 15.5. The Kier molecular flexibility index (Phi) is 5.26. The summed E-state index contributed by atoms with van der Waals surface area (Å²) in [5.74, 6) is 0.133. The minimum atomic E-state index is -0.656. The van der Waals surface area contributed by atoms with Crippen LogP contribution in [0.4, 0.5) is 5.69 Å². The zero-order valence-electron chi connectivity index (χ0n) is 15.3. The van der Waals surface area contributed by atoms with Crippen molar-refractivity contribution in [2.24, 2.45) is 0 Å². The third-order valence-electron chi connectivity index (χ3n) is 4.06. The summed E-state index contributed by atoms with van der Waals surface area (Å²) in [7, 11) is 2.53. The Morgan fingerprint density at radius 3 is 2.37 bits per heavy atom. The summed E-state index contributed by atoms with van der Waals surface area (Å²) in [5.41, 5.74) is 1.58. The Bertz CT molecular complexity index is 964. The molecule has 2 aromatic rings. The van der Waals surface area contributed by atoms with Gasteiger partial charge in [-0.1, -0.05) is 18.2 Å². The summed E-state index contributed by atoms with van der Waals surface area (Å²) in [5, 5.41) is 0. The van der Waals surface area contributed by atoms with Crippen molar-refractivity contribution < 1.29 is 23.5 Å². The predicted octanol–water partition coefficient (Wildman–Crippen LogP) is 3.75. The molecule has 138 valence electrons. The number of anilines is 1. The summed E-state index contributed by atoms with van der Waals surface area (Å²) in [6, 6.07) is 11.2. The molecular formula is C21H19NO5. The van der Waals surface area contributed by atoms with Crippen LogP contribution in [0.3, 0.4) is 0 Å². The van der Waals surface area contributed by atoms with Gasteiger partial charge in [-0.2, -0.15) is 0 Å². The van der Waals surface area contributed by atoms with Crippen LogP contribution in [0.15, 0.2) is 76.5 Å². The summed E-state index contributed by atoms with van der Waals surface area (Å²) in [6.45, 7) is 1.86.